The Morgan fingerprint density at radius 3 is 2.50 bits per heavy atom. The number of carbonyl (C=O) groups excluding carboxylic acids is 1. The molecule has 6 heteroatoms. The number of hydrogen-bond donors (Lipinski definition) is 2. The number of likely N-dealkylation sites (tertiary alicyclic amines) is 1. The molecule has 20 heavy (non-hydrogen) atoms. The fourth-order valence-corrected chi connectivity index (χ4v) is 3.05. The van der Waals surface area contributed by atoms with Gasteiger partial charge in [0.2, 0.25) is 0 Å². The van der Waals surface area contributed by atoms with Crippen molar-refractivity contribution >= 4 is 23.2 Å². The van der Waals surface area contributed by atoms with Gasteiger partial charge in [-0.3, -0.25) is 4.79 Å². The maximum Gasteiger partial charge on any atom is 0.345 e. The molecule has 0 unspecified atom stereocenters. The Hall–Kier alpha value is -1.40. The van der Waals surface area contributed by atoms with Crippen LogP contribution in [0.15, 0.2) is 12.1 Å². The summed E-state index contributed by atoms with van der Waals surface area (Å²) in [5, 5.41) is 11.8. The number of rotatable bonds is 4. The topological polar surface area (TPSA) is 69.6 Å². The smallest absolute Gasteiger partial charge is 0.345 e. The van der Waals surface area contributed by atoms with Crippen molar-refractivity contribution in [3.63, 3.8) is 0 Å². The molecule has 1 aliphatic heterocycles. The van der Waals surface area contributed by atoms with E-state index in [9.17, 15) is 9.59 Å². The minimum absolute atomic E-state index is 0.134. The van der Waals surface area contributed by atoms with Gasteiger partial charge in [0.1, 0.15) is 4.88 Å². The van der Waals surface area contributed by atoms with Crippen molar-refractivity contribution in [1.29, 1.82) is 0 Å². The number of nitrogens with one attached hydrogen (secondary N) is 1. The number of carboxylic acids is 1. The molecule has 0 bridgehead atoms. The van der Waals surface area contributed by atoms with E-state index >= 15 is 0 Å². The van der Waals surface area contributed by atoms with Crippen LogP contribution in [0.25, 0.3) is 0 Å². The second-order valence-corrected chi connectivity index (χ2v) is 6.85. The highest BCUT2D eigenvalue weighted by molar-refractivity contribution is 7.15. The predicted molar refractivity (Wildman–Crippen MR) is 78.4 cm³/mol. The van der Waals surface area contributed by atoms with E-state index in [-0.39, 0.29) is 16.2 Å². The first kappa shape index (κ1) is 15.0. The number of piperidine rings is 1. The van der Waals surface area contributed by atoms with Crippen LogP contribution in [-0.2, 0) is 0 Å². The van der Waals surface area contributed by atoms with Gasteiger partial charge >= 0.3 is 5.97 Å². The van der Waals surface area contributed by atoms with Gasteiger partial charge in [-0.1, -0.05) is 6.92 Å². The van der Waals surface area contributed by atoms with Crippen LogP contribution < -0.4 is 5.32 Å². The van der Waals surface area contributed by atoms with Crippen LogP contribution in [0, 0.1) is 5.41 Å². The summed E-state index contributed by atoms with van der Waals surface area (Å²) in [6.07, 6.45) is 2.13. The Kier molecular flexibility index (Phi) is 4.45. The van der Waals surface area contributed by atoms with Crippen molar-refractivity contribution in [2.75, 3.05) is 26.7 Å². The Morgan fingerprint density at radius 1 is 1.35 bits per heavy atom. The number of nitrogens with zero attached hydrogens (tertiary/aromatic N) is 1. The van der Waals surface area contributed by atoms with Crippen molar-refractivity contribution in [1.82, 2.24) is 10.2 Å². The molecule has 0 radical (unpaired) electrons. The zero-order valence-electron chi connectivity index (χ0n) is 11.8. The molecule has 5 nitrogen and oxygen atoms in total. The number of hydrogen-bond acceptors (Lipinski definition) is 4. The second-order valence-electron chi connectivity index (χ2n) is 5.77. The van der Waals surface area contributed by atoms with Gasteiger partial charge in [-0.25, -0.2) is 4.79 Å². The largest absolute Gasteiger partial charge is 0.477 e. The van der Waals surface area contributed by atoms with Crippen LogP contribution in [0.2, 0.25) is 0 Å². The van der Waals surface area contributed by atoms with Crippen LogP contribution in [0.1, 0.15) is 39.1 Å². The molecule has 1 aliphatic rings. The molecule has 0 saturated carbocycles. The molecule has 0 aliphatic carbocycles. The van der Waals surface area contributed by atoms with Crippen LogP contribution in [0.4, 0.5) is 0 Å². The average Bonchev–Trinajstić information content (AvgIpc) is 2.90. The predicted octanol–water partition coefficient (Wildman–Crippen LogP) is 1.91. The highest BCUT2D eigenvalue weighted by Gasteiger charge is 2.29. The van der Waals surface area contributed by atoms with Crippen molar-refractivity contribution in [2.45, 2.75) is 19.8 Å². The molecule has 110 valence electrons. The maximum atomic E-state index is 12.0. The number of thiophene rings is 1. The lowest BCUT2D eigenvalue weighted by Gasteiger charge is -2.37. The fourth-order valence-electron chi connectivity index (χ4n) is 2.29. The van der Waals surface area contributed by atoms with Gasteiger partial charge in [-0.15, -0.1) is 11.3 Å². The molecule has 2 heterocycles. The highest BCUT2D eigenvalue weighted by Crippen LogP contribution is 2.29. The Morgan fingerprint density at radius 2 is 1.95 bits per heavy atom. The molecule has 2 rings (SSSR count). The second kappa shape index (κ2) is 5.93. The lowest BCUT2D eigenvalue weighted by molar-refractivity contribution is 0.0702. The van der Waals surface area contributed by atoms with E-state index in [0.29, 0.717) is 11.4 Å². The van der Waals surface area contributed by atoms with Crippen LogP contribution in [0.3, 0.4) is 0 Å². The number of amides is 1. The average molecular weight is 296 g/mol. The van der Waals surface area contributed by atoms with E-state index in [1.807, 2.05) is 0 Å². The van der Waals surface area contributed by atoms with E-state index in [1.54, 1.807) is 6.07 Å². The van der Waals surface area contributed by atoms with E-state index in [0.717, 1.165) is 37.3 Å². The molecule has 1 aromatic heterocycles. The van der Waals surface area contributed by atoms with Crippen molar-refractivity contribution in [2.24, 2.45) is 5.41 Å². The third-order valence-electron chi connectivity index (χ3n) is 3.91. The molecular weight excluding hydrogens is 276 g/mol. The number of carbonyl (C=O) groups is 2. The summed E-state index contributed by atoms with van der Waals surface area (Å²) in [5.41, 5.74) is 0.134. The van der Waals surface area contributed by atoms with E-state index in [2.05, 4.69) is 24.2 Å². The van der Waals surface area contributed by atoms with Crippen molar-refractivity contribution in [3.8, 4) is 0 Å². The summed E-state index contributed by atoms with van der Waals surface area (Å²) in [6, 6.07) is 3.04. The normalized spacial score (nSPS) is 18.7. The van der Waals surface area contributed by atoms with Gasteiger partial charge in [-0.2, -0.15) is 0 Å². The summed E-state index contributed by atoms with van der Waals surface area (Å²) >= 11 is 1.02. The molecule has 1 aromatic rings. The summed E-state index contributed by atoms with van der Waals surface area (Å²) in [5.74, 6) is -1.17. The standard InChI is InChI=1S/C14H20N2O3S/c1-14(5-7-16(2)8-6-14)9-15-12(17)10-3-4-11(20-10)13(18)19/h3-4H,5-9H2,1-2H3,(H,15,17)(H,18,19). The van der Waals surface area contributed by atoms with Crippen molar-refractivity contribution in [3.05, 3.63) is 21.9 Å². The first-order valence-corrected chi connectivity index (χ1v) is 7.51. The van der Waals surface area contributed by atoms with Crippen LogP contribution in [0.5, 0.6) is 0 Å². The molecule has 2 N–H and O–H groups in total. The zero-order chi connectivity index (χ0) is 14.8. The van der Waals surface area contributed by atoms with E-state index < -0.39 is 5.97 Å². The van der Waals surface area contributed by atoms with E-state index in [1.165, 1.54) is 6.07 Å². The van der Waals surface area contributed by atoms with Gasteiger partial charge in [0.05, 0.1) is 4.88 Å². The third kappa shape index (κ3) is 3.58. The quantitative estimate of drug-likeness (QED) is 0.890. The first-order chi connectivity index (χ1) is 9.39. The molecule has 1 fully saturated rings. The van der Waals surface area contributed by atoms with Crippen LogP contribution in [-0.4, -0.2) is 48.6 Å². The van der Waals surface area contributed by atoms with Gasteiger partial charge in [0.25, 0.3) is 5.91 Å². The lowest BCUT2D eigenvalue weighted by Crippen LogP contribution is -2.43. The Labute approximate surface area is 122 Å². The Bertz CT molecular complexity index is 504. The number of aromatic carboxylic acids is 1. The van der Waals surface area contributed by atoms with Crippen LogP contribution >= 0.6 is 11.3 Å². The molecular formula is C14H20N2O3S. The summed E-state index contributed by atoms with van der Waals surface area (Å²) in [7, 11) is 2.11. The minimum atomic E-state index is -0.990. The van der Waals surface area contributed by atoms with E-state index in [4.69, 9.17) is 5.11 Å². The maximum absolute atomic E-state index is 12.0. The summed E-state index contributed by atoms with van der Waals surface area (Å²) in [6.45, 7) is 4.93. The molecule has 0 atom stereocenters. The number of carboxylic acid groups (broad SMARTS) is 1. The molecule has 0 aromatic carbocycles. The monoisotopic (exact) mass is 296 g/mol. The molecule has 0 spiro atoms. The van der Waals surface area contributed by atoms with Gasteiger partial charge < -0.3 is 15.3 Å². The molecule has 1 saturated heterocycles. The molecule has 1 amide bonds. The van der Waals surface area contributed by atoms with Gasteiger partial charge in [0, 0.05) is 6.54 Å². The minimum Gasteiger partial charge on any atom is -0.477 e. The SMILES string of the molecule is CN1CCC(C)(CNC(=O)c2ccc(C(=O)O)s2)CC1. The zero-order valence-corrected chi connectivity index (χ0v) is 12.6. The van der Waals surface area contributed by atoms with Gasteiger partial charge in [-0.05, 0) is 50.5 Å². The summed E-state index contributed by atoms with van der Waals surface area (Å²) in [4.78, 5) is 25.8. The third-order valence-corrected chi connectivity index (χ3v) is 4.98. The lowest BCUT2D eigenvalue weighted by atomic mass is 9.80. The summed E-state index contributed by atoms with van der Waals surface area (Å²) < 4.78 is 0. The fraction of sp³-hybridized carbons (Fsp3) is 0.571. The van der Waals surface area contributed by atoms with Crippen molar-refractivity contribution < 1.29 is 14.7 Å². The van der Waals surface area contributed by atoms with Gasteiger partial charge in [0.15, 0.2) is 0 Å². The Balaban J connectivity index is 1.89. The highest BCUT2D eigenvalue weighted by atomic mass is 32.1. The first-order valence-electron chi connectivity index (χ1n) is 6.69.